The van der Waals surface area contributed by atoms with Gasteiger partial charge in [0.2, 0.25) is 5.91 Å². The predicted molar refractivity (Wildman–Crippen MR) is 118 cm³/mol. The molecule has 4 rings (SSSR count). The van der Waals surface area contributed by atoms with Gasteiger partial charge in [-0.25, -0.2) is 18.9 Å². The highest BCUT2D eigenvalue weighted by Gasteiger charge is 2.15. The second kappa shape index (κ2) is 8.73. The Kier molecular flexibility index (Phi) is 5.87. The number of rotatable bonds is 6. The number of halogens is 1. The number of nitrogens with one attached hydrogen (secondary N) is 1. The van der Waals surface area contributed by atoms with E-state index in [0.29, 0.717) is 27.1 Å². The maximum absolute atomic E-state index is 12.7. The zero-order chi connectivity index (χ0) is 21.1. The zero-order valence-electron chi connectivity index (χ0n) is 16.1. The molecule has 7 nitrogen and oxygen atoms in total. The van der Waals surface area contributed by atoms with E-state index in [-0.39, 0.29) is 12.5 Å². The average Bonchev–Trinajstić information content (AvgIpc) is 3.06. The fourth-order valence-electron chi connectivity index (χ4n) is 2.86. The number of carbonyl (C=O) groups is 1. The van der Waals surface area contributed by atoms with Gasteiger partial charge in [-0.15, -0.1) is 5.10 Å². The Morgan fingerprint density at radius 1 is 1.20 bits per heavy atom. The number of nitrogens with zero attached hydrogens (tertiary/aromatic N) is 4. The number of amides is 1. The van der Waals surface area contributed by atoms with Gasteiger partial charge in [-0.3, -0.25) is 4.79 Å². The molecule has 1 amide bonds. The molecule has 0 aliphatic rings. The van der Waals surface area contributed by atoms with E-state index in [1.165, 1.54) is 16.2 Å². The van der Waals surface area contributed by atoms with Crippen molar-refractivity contribution in [3.63, 3.8) is 0 Å². The van der Waals surface area contributed by atoms with Gasteiger partial charge in [0.05, 0.1) is 0 Å². The zero-order valence-corrected chi connectivity index (χ0v) is 17.7. The van der Waals surface area contributed by atoms with Crippen LogP contribution in [0.4, 0.5) is 5.69 Å². The second-order valence-electron chi connectivity index (χ2n) is 6.65. The van der Waals surface area contributed by atoms with Gasteiger partial charge in [0.1, 0.15) is 11.6 Å². The lowest BCUT2D eigenvalue weighted by molar-refractivity contribution is -0.117. The van der Waals surface area contributed by atoms with Crippen LogP contribution in [0.3, 0.4) is 0 Å². The molecule has 30 heavy (non-hydrogen) atoms. The first-order valence-corrected chi connectivity index (χ1v) is 10.5. The van der Waals surface area contributed by atoms with Crippen LogP contribution >= 0.6 is 23.4 Å². The first-order chi connectivity index (χ1) is 14.5. The molecule has 1 N–H and O–H groups in total. The molecule has 0 bridgehead atoms. The van der Waals surface area contributed by atoms with E-state index in [1.54, 1.807) is 24.5 Å². The number of fused-ring (bicyclic) bond motifs is 1. The van der Waals surface area contributed by atoms with E-state index < -0.39 is 5.69 Å². The number of hydrogen-bond donors (Lipinski definition) is 1. The Labute approximate surface area is 181 Å². The van der Waals surface area contributed by atoms with Crippen molar-refractivity contribution in [1.29, 1.82) is 0 Å². The number of thioether (sulfide) groups is 1. The normalized spacial score (nSPS) is 11.0. The molecule has 0 atom stereocenters. The maximum Gasteiger partial charge on any atom is 0.350 e. The maximum atomic E-state index is 12.7. The Morgan fingerprint density at radius 2 is 2.00 bits per heavy atom. The van der Waals surface area contributed by atoms with Crippen molar-refractivity contribution < 1.29 is 4.79 Å². The lowest BCUT2D eigenvalue weighted by Crippen LogP contribution is -2.28. The van der Waals surface area contributed by atoms with E-state index in [1.807, 2.05) is 43.3 Å². The largest absolute Gasteiger partial charge is 0.350 e. The number of anilines is 1. The van der Waals surface area contributed by atoms with Crippen molar-refractivity contribution in [2.75, 3.05) is 5.32 Å². The third kappa shape index (κ3) is 4.39. The van der Waals surface area contributed by atoms with Gasteiger partial charge in [0, 0.05) is 28.9 Å². The van der Waals surface area contributed by atoms with Gasteiger partial charge in [-0.05, 0) is 30.2 Å². The summed E-state index contributed by atoms with van der Waals surface area (Å²) in [5.74, 6) is 0.329. The molecule has 0 saturated carbocycles. The van der Waals surface area contributed by atoms with Crippen LogP contribution in [0.2, 0.25) is 5.02 Å². The Morgan fingerprint density at radius 3 is 2.77 bits per heavy atom. The molecule has 0 aliphatic carbocycles. The number of benzene rings is 2. The van der Waals surface area contributed by atoms with Gasteiger partial charge >= 0.3 is 5.69 Å². The van der Waals surface area contributed by atoms with Crippen molar-refractivity contribution in [2.24, 2.45) is 0 Å². The summed E-state index contributed by atoms with van der Waals surface area (Å²) in [6.45, 7) is 1.67. The van der Waals surface area contributed by atoms with Crippen molar-refractivity contribution in [2.45, 2.75) is 24.2 Å². The fraction of sp³-hybridized carbons (Fsp3) is 0.143. The van der Waals surface area contributed by atoms with Gasteiger partial charge in [0.25, 0.3) is 0 Å². The molecule has 0 saturated heterocycles. The van der Waals surface area contributed by atoms with Gasteiger partial charge in [-0.2, -0.15) is 0 Å². The molecule has 0 spiro atoms. The van der Waals surface area contributed by atoms with Gasteiger partial charge in [-0.1, -0.05) is 59.8 Å². The van der Waals surface area contributed by atoms with Crippen LogP contribution in [0.25, 0.3) is 5.65 Å². The highest BCUT2D eigenvalue weighted by Crippen LogP contribution is 2.23. The summed E-state index contributed by atoms with van der Waals surface area (Å²) in [7, 11) is 0. The molecule has 0 unspecified atom stereocenters. The number of aryl methyl sites for hydroxylation is 1. The van der Waals surface area contributed by atoms with Crippen LogP contribution in [0.1, 0.15) is 11.1 Å². The molecule has 0 fully saturated rings. The minimum Gasteiger partial charge on any atom is -0.324 e. The molecule has 4 aromatic rings. The van der Waals surface area contributed by atoms with E-state index in [9.17, 15) is 9.59 Å². The highest BCUT2D eigenvalue weighted by molar-refractivity contribution is 7.98. The van der Waals surface area contributed by atoms with Crippen LogP contribution < -0.4 is 11.0 Å². The smallest absolute Gasteiger partial charge is 0.324 e. The highest BCUT2D eigenvalue weighted by atomic mass is 35.5. The Balaban J connectivity index is 1.53. The predicted octanol–water partition coefficient (Wildman–Crippen LogP) is 3.78. The Hall–Kier alpha value is -3.10. The topological polar surface area (TPSA) is 81.3 Å². The first-order valence-electron chi connectivity index (χ1n) is 9.18. The molecule has 2 aromatic carbocycles. The van der Waals surface area contributed by atoms with Crippen molar-refractivity contribution in [3.05, 3.63) is 87.6 Å². The standard InChI is InChI=1S/C21H18ClN5O2S/c1-14-7-8-16(11-17(14)22)24-18(28)12-27-21(29)26-10-9-23-20(19(26)25-27)30-13-15-5-3-2-4-6-15/h2-11H,12-13H2,1H3,(H,24,28). The minimum absolute atomic E-state index is 0.213. The van der Waals surface area contributed by atoms with Crippen LogP contribution in [-0.4, -0.2) is 25.1 Å². The summed E-state index contributed by atoms with van der Waals surface area (Å²) in [5, 5.41) is 8.26. The van der Waals surface area contributed by atoms with Crippen molar-refractivity contribution in [3.8, 4) is 0 Å². The van der Waals surface area contributed by atoms with Crippen LogP contribution in [0.5, 0.6) is 0 Å². The average molecular weight is 440 g/mol. The molecular formula is C21H18ClN5O2S. The SMILES string of the molecule is Cc1ccc(NC(=O)Cn2nc3c(SCc4ccccc4)nccn3c2=O)cc1Cl. The van der Waals surface area contributed by atoms with Gasteiger partial charge < -0.3 is 5.32 Å². The van der Waals surface area contributed by atoms with E-state index in [4.69, 9.17) is 11.6 Å². The molecular weight excluding hydrogens is 422 g/mol. The van der Waals surface area contributed by atoms with E-state index >= 15 is 0 Å². The first kappa shape index (κ1) is 20.2. The second-order valence-corrected chi connectivity index (χ2v) is 8.02. The molecule has 2 heterocycles. The minimum atomic E-state index is -0.397. The molecule has 0 radical (unpaired) electrons. The lowest BCUT2D eigenvalue weighted by Gasteiger charge is -2.06. The Bertz CT molecular complexity index is 1270. The van der Waals surface area contributed by atoms with E-state index in [2.05, 4.69) is 15.4 Å². The summed E-state index contributed by atoms with van der Waals surface area (Å²) in [6.07, 6.45) is 3.10. The number of carbonyl (C=O) groups excluding carboxylic acids is 1. The molecule has 2 aromatic heterocycles. The van der Waals surface area contributed by atoms with Crippen molar-refractivity contribution in [1.82, 2.24) is 19.2 Å². The van der Waals surface area contributed by atoms with E-state index in [0.717, 1.165) is 15.8 Å². The molecule has 9 heteroatoms. The van der Waals surface area contributed by atoms with Crippen LogP contribution in [0, 0.1) is 6.92 Å². The van der Waals surface area contributed by atoms with Crippen LogP contribution in [0.15, 0.2) is 70.7 Å². The van der Waals surface area contributed by atoms with Crippen molar-refractivity contribution >= 4 is 40.6 Å². The molecule has 0 aliphatic heterocycles. The summed E-state index contributed by atoms with van der Waals surface area (Å²) >= 11 is 7.58. The summed E-state index contributed by atoms with van der Waals surface area (Å²) < 4.78 is 2.53. The summed E-state index contributed by atoms with van der Waals surface area (Å²) in [5.41, 5.74) is 2.65. The third-order valence-electron chi connectivity index (χ3n) is 4.44. The summed E-state index contributed by atoms with van der Waals surface area (Å²) in [4.78, 5) is 29.4. The van der Waals surface area contributed by atoms with Crippen LogP contribution in [-0.2, 0) is 17.1 Å². The van der Waals surface area contributed by atoms with Gasteiger partial charge in [0.15, 0.2) is 5.65 Å². The lowest BCUT2D eigenvalue weighted by atomic mass is 10.2. The molecule has 152 valence electrons. The number of aromatic nitrogens is 4. The third-order valence-corrected chi connectivity index (χ3v) is 5.88. The number of hydrogen-bond acceptors (Lipinski definition) is 5. The fourth-order valence-corrected chi connectivity index (χ4v) is 3.94. The monoisotopic (exact) mass is 439 g/mol. The summed E-state index contributed by atoms with van der Waals surface area (Å²) in [6, 6.07) is 15.2. The quantitative estimate of drug-likeness (QED) is 0.462.